The molecule has 0 saturated carbocycles. The second-order valence-electron chi connectivity index (χ2n) is 5.47. The predicted molar refractivity (Wildman–Crippen MR) is 94.1 cm³/mol. The standard InChI is InChI=1S/C17H15N5O2S/c23-25(24,22-12-20-13-6-1-2-9-16(13)22)21-17(15-8-5-11-19-15)14-7-3-4-10-18-14/h1-12,17,19,21H. The number of imidazole rings is 1. The minimum absolute atomic E-state index is 0.515. The van der Waals surface area contributed by atoms with E-state index in [4.69, 9.17) is 0 Å². The Hall–Kier alpha value is -2.97. The quantitative estimate of drug-likeness (QED) is 0.575. The number of hydrogen-bond acceptors (Lipinski definition) is 4. The Labute approximate surface area is 144 Å². The van der Waals surface area contributed by atoms with E-state index in [2.05, 4.69) is 19.7 Å². The molecule has 7 nitrogen and oxygen atoms in total. The maximum atomic E-state index is 13.0. The van der Waals surface area contributed by atoms with Gasteiger partial charge in [0.2, 0.25) is 0 Å². The molecule has 0 fully saturated rings. The lowest BCUT2D eigenvalue weighted by molar-refractivity contribution is 0.560. The molecule has 0 aliphatic carbocycles. The van der Waals surface area contributed by atoms with Crippen LogP contribution >= 0.6 is 0 Å². The molecule has 25 heavy (non-hydrogen) atoms. The third kappa shape index (κ3) is 2.92. The van der Waals surface area contributed by atoms with E-state index < -0.39 is 16.3 Å². The molecule has 1 aromatic carbocycles. The summed E-state index contributed by atoms with van der Waals surface area (Å²) in [7, 11) is -3.87. The van der Waals surface area contributed by atoms with E-state index in [1.54, 1.807) is 42.7 Å². The van der Waals surface area contributed by atoms with Gasteiger partial charge >= 0.3 is 10.2 Å². The number of fused-ring (bicyclic) bond motifs is 1. The van der Waals surface area contributed by atoms with Crippen LogP contribution in [0.25, 0.3) is 11.0 Å². The topological polar surface area (TPSA) is 92.7 Å². The number of benzene rings is 1. The number of pyridine rings is 1. The second kappa shape index (κ2) is 6.15. The number of H-pyrrole nitrogens is 1. The van der Waals surface area contributed by atoms with E-state index in [0.29, 0.717) is 22.4 Å². The fourth-order valence-electron chi connectivity index (χ4n) is 2.69. The lowest BCUT2D eigenvalue weighted by Crippen LogP contribution is -2.34. The van der Waals surface area contributed by atoms with E-state index >= 15 is 0 Å². The zero-order valence-corrected chi connectivity index (χ0v) is 13.9. The van der Waals surface area contributed by atoms with Gasteiger partial charge in [-0.25, -0.2) is 8.96 Å². The van der Waals surface area contributed by atoms with Crippen molar-refractivity contribution in [3.05, 3.63) is 84.7 Å². The van der Waals surface area contributed by atoms with Crippen LogP contribution in [0.1, 0.15) is 17.4 Å². The van der Waals surface area contributed by atoms with Gasteiger partial charge in [0.05, 0.1) is 16.7 Å². The zero-order chi connectivity index (χ0) is 17.3. The zero-order valence-electron chi connectivity index (χ0n) is 13.1. The molecule has 0 amide bonds. The molecule has 0 aliphatic rings. The largest absolute Gasteiger partial charge is 0.363 e. The van der Waals surface area contributed by atoms with E-state index in [-0.39, 0.29) is 0 Å². The average molecular weight is 353 g/mol. The van der Waals surface area contributed by atoms with Crippen molar-refractivity contribution in [1.82, 2.24) is 23.6 Å². The molecule has 1 unspecified atom stereocenters. The highest BCUT2D eigenvalue weighted by atomic mass is 32.2. The Bertz CT molecular complexity index is 1090. The molecule has 0 aliphatic heterocycles. The Morgan fingerprint density at radius 3 is 2.60 bits per heavy atom. The SMILES string of the molecule is O=S(=O)(NC(c1ccccn1)c1ccc[nH]1)n1cnc2ccccc21. The van der Waals surface area contributed by atoms with Gasteiger partial charge in [-0.15, -0.1) is 0 Å². The third-order valence-corrected chi connectivity index (χ3v) is 5.21. The number of hydrogen-bond donors (Lipinski definition) is 2. The monoisotopic (exact) mass is 353 g/mol. The van der Waals surface area contributed by atoms with Gasteiger partial charge in [-0.2, -0.15) is 13.1 Å². The minimum Gasteiger partial charge on any atom is -0.363 e. The van der Waals surface area contributed by atoms with Crippen molar-refractivity contribution in [1.29, 1.82) is 0 Å². The number of aromatic amines is 1. The van der Waals surface area contributed by atoms with E-state index in [0.717, 1.165) is 3.97 Å². The first-order valence-electron chi connectivity index (χ1n) is 7.64. The van der Waals surface area contributed by atoms with Gasteiger partial charge in [0, 0.05) is 18.1 Å². The molecule has 8 heteroatoms. The van der Waals surface area contributed by atoms with E-state index in [9.17, 15) is 8.42 Å². The van der Waals surface area contributed by atoms with Gasteiger partial charge in [-0.05, 0) is 36.4 Å². The molecule has 4 aromatic rings. The predicted octanol–water partition coefficient (Wildman–Crippen LogP) is 2.23. The summed E-state index contributed by atoms with van der Waals surface area (Å²) < 4.78 is 29.8. The van der Waals surface area contributed by atoms with E-state index in [1.165, 1.54) is 6.33 Å². The van der Waals surface area contributed by atoms with Crippen LogP contribution in [0.3, 0.4) is 0 Å². The van der Waals surface area contributed by atoms with Gasteiger partial charge in [-0.3, -0.25) is 4.98 Å². The molecular formula is C17H15N5O2S. The first-order valence-corrected chi connectivity index (χ1v) is 9.08. The van der Waals surface area contributed by atoms with Crippen LogP contribution in [-0.2, 0) is 10.2 Å². The van der Waals surface area contributed by atoms with Gasteiger partial charge < -0.3 is 4.98 Å². The van der Waals surface area contributed by atoms with E-state index in [1.807, 2.05) is 24.3 Å². The molecule has 0 spiro atoms. The highest BCUT2D eigenvalue weighted by molar-refractivity contribution is 7.88. The van der Waals surface area contributed by atoms with Crippen LogP contribution in [0, 0.1) is 0 Å². The summed E-state index contributed by atoms with van der Waals surface area (Å²) in [5, 5.41) is 0. The van der Waals surface area contributed by atoms with Crippen molar-refractivity contribution in [2.24, 2.45) is 0 Å². The number of rotatable bonds is 5. The molecule has 0 saturated heterocycles. The summed E-state index contributed by atoms with van der Waals surface area (Å²) in [4.78, 5) is 11.5. The average Bonchev–Trinajstić information content (AvgIpc) is 3.30. The lowest BCUT2D eigenvalue weighted by atomic mass is 10.1. The maximum Gasteiger partial charge on any atom is 0.307 e. The third-order valence-electron chi connectivity index (χ3n) is 3.86. The maximum absolute atomic E-state index is 13.0. The van der Waals surface area contributed by atoms with Crippen molar-refractivity contribution in [2.75, 3.05) is 0 Å². The molecule has 4 rings (SSSR count). The Morgan fingerprint density at radius 1 is 1.00 bits per heavy atom. The number of nitrogens with one attached hydrogen (secondary N) is 2. The Kier molecular flexibility index (Phi) is 3.83. The van der Waals surface area contributed by atoms with Crippen LogP contribution < -0.4 is 4.72 Å². The fourth-order valence-corrected chi connectivity index (χ4v) is 3.93. The molecular weight excluding hydrogens is 338 g/mol. The van der Waals surface area contributed by atoms with Gasteiger partial charge in [0.25, 0.3) is 0 Å². The molecule has 126 valence electrons. The van der Waals surface area contributed by atoms with Gasteiger partial charge in [-0.1, -0.05) is 18.2 Å². The first kappa shape index (κ1) is 15.6. The summed E-state index contributed by atoms with van der Waals surface area (Å²) in [5.74, 6) is 0. The molecule has 0 radical (unpaired) electrons. The summed E-state index contributed by atoms with van der Waals surface area (Å²) in [6.45, 7) is 0. The fraction of sp³-hybridized carbons (Fsp3) is 0.0588. The lowest BCUT2D eigenvalue weighted by Gasteiger charge is -2.18. The molecule has 3 heterocycles. The van der Waals surface area contributed by atoms with Crippen molar-refractivity contribution in [3.63, 3.8) is 0 Å². The highest BCUT2D eigenvalue weighted by Crippen LogP contribution is 2.21. The second-order valence-corrected chi connectivity index (χ2v) is 7.04. The van der Waals surface area contributed by atoms with Crippen molar-refractivity contribution in [2.45, 2.75) is 6.04 Å². The van der Waals surface area contributed by atoms with Crippen molar-refractivity contribution < 1.29 is 8.42 Å². The number of aromatic nitrogens is 4. The summed E-state index contributed by atoms with van der Waals surface area (Å²) in [5.41, 5.74) is 2.42. The highest BCUT2D eigenvalue weighted by Gasteiger charge is 2.25. The summed E-state index contributed by atoms with van der Waals surface area (Å²) in [6, 6.07) is 15.4. The van der Waals surface area contributed by atoms with Gasteiger partial charge in [0.15, 0.2) is 0 Å². The van der Waals surface area contributed by atoms with Crippen molar-refractivity contribution >= 4 is 21.2 Å². The first-order chi connectivity index (χ1) is 12.1. The van der Waals surface area contributed by atoms with Crippen LogP contribution in [0.2, 0.25) is 0 Å². The number of nitrogens with zero attached hydrogens (tertiary/aromatic N) is 3. The summed E-state index contributed by atoms with van der Waals surface area (Å²) in [6.07, 6.45) is 4.68. The molecule has 0 bridgehead atoms. The molecule has 3 aromatic heterocycles. The summed E-state index contributed by atoms with van der Waals surface area (Å²) >= 11 is 0. The smallest absolute Gasteiger partial charge is 0.307 e. The van der Waals surface area contributed by atoms with Crippen molar-refractivity contribution in [3.8, 4) is 0 Å². The Balaban J connectivity index is 1.77. The molecule has 1 atom stereocenters. The Morgan fingerprint density at radius 2 is 1.84 bits per heavy atom. The van der Waals surface area contributed by atoms with Crippen LogP contribution in [0.5, 0.6) is 0 Å². The van der Waals surface area contributed by atoms with Crippen LogP contribution in [-0.4, -0.2) is 27.3 Å². The molecule has 2 N–H and O–H groups in total. The normalized spacial score (nSPS) is 13.1. The van der Waals surface area contributed by atoms with Gasteiger partial charge in [0.1, 0.15) is 12.4 Å². The van der Waals surface area contributed by atoms with Crippen LogP contribution in [0.4, 0.5) is 0 Å². The number of para-hydroxylation sites is 2. The minimum atomic E-state index is -3.87. The van der Waals surface area contributed by atoms with Crippen LogP contribution in [0.15, 0.2) is 73.3 Å².